The highest BCUT2D eigenvalue weighted by molar-refractivity contribution is 6.04. The summed E-state index contributed by atoms with van der Waals surface area (Å²) in [5.74, 6) is -0.587. The Kier molecular flexibility index (Phi) is 4.79. The van der Waals surface area contributed by atoms with Gasteiger partial charge in [-0.1, -0.05) is 11.6 Å². The Morgan fingerprint density at radius 2 is 1.88 bits per heavy atom. The molecule has 0 radical (unpaired) electrons. The molecule has 1 amide bonds. The van der Waals surface area contributed by atoms with Crippen LogP contribution < -0.4 is 0 Å². The summed E-state index contributed by atoms with van der Waals surface area (Å²) in [4.78, 5) is 30.9. The maximum Gasteiger partial charge on any atom is 0.339 e. The average Bonchev–Trinajstić information content (AvgIpc) is 2.59. The fourth-order valence-electron chi connectivity index (χ4n) is 3.08. The lowest BCUT2D eigenvalue weighted by atomic mass is 10.1. The summed E-state index contributed by atoms with van der Waals surface area (Å²) in [6.45, 7) is 5.12. The standard InChI is InChI=1S/C19H22N2O3/c1-13-6-7-17-15(10-13)16(11-14(2)20-17)19(23)24-12-18(22)21-8-4-3-5-9-21/h6-7,10-11H,3-5,8-9,12H2,1-2H3. The Balaban J connectivity index is 1.76. The minimum atomic E-state index is -0.471. The van der Waals surface area contributed by atoms with Crippen LogP contribution >= 0.6 is 0 Å². The Morgan fingerprint density at radius 3 is 2.62 bits per heavy atom. The van der Waals surface area contributed by atoms with Gasteiger partial charge in [0.1, 0.15) is 0 Å². The molecule has 0 atom stereocenters. The zero-order valence-corrected chi connectivity index (χ0v) is 14.2. The number of ether oxygens (including phenoxy) is 1. The summed E-state index contributed by atoms with van der Waals surface area (Å²) < 4.78 is 5.29. The summed E-state index contributed by atoms with van der Waals surface area (Å²) in [6, 6.07) is 7.50. The monoisotopic (exact) mass is 326 g/mol. The quantitative estimate of drug-likeness (QED) is 0.814. The molecule has 0 spiro atoms. The minimum Gasteiger partial charge on any atom is -0.452 e. The number of benzene rings is 1. The van der Waals surface area contributed by atoms with Gasteiger partial charge in [-0.3, -0.25) is 9.78 Å². The van der Waals surface area contributed by atoms with Crippen molar-refractivity contribution >= 4 is 22.8 Å². The molecule has 0 aliphatic carbocycles. The van der Waals surface area contributed by atoms with Crippen LogP contribution in [-0.4, -0.2) is 41.5 Å². The zero-order chi connectivity index (χ0) is 17.1. The number of fused-ring (bicyclic) bond motifs is 1. The van der Waals surface area contributed by atoms with Crippen molar-refractivity contribution < 1.29 is 14.3 Å². The molecule has 126 valence electrons. The van der Waals surface area contributed by atoms with Gasteiger partial charge in [-0.2, -0.15) is 0 Å². The number of hydrogen-bond donors (Lipinski definition) is 0. The predicted octanol–water partition coefficient (Wildman–Crippen LogP) is 3.02. The van der Waals surface area contributed by atoms with Crippen molar-refractivity contribution in [2.24, 2.45) is 0 Å². The fraction of sp³-hybridized carbons (Fsp3) is 0.421. The number of pyridine rings is 1. The molecule has 1 saturated heterocycles. The topological polar surface area (TPSA) is 59.5 Å². The van der Waals surface area contributed by atoms with Crippen molar-refractivity contribution in [2.45, 2.75) is 33.1 Å². The molecule has 1 aliphatic heterocycles. The number of esters is 1. The third-order valence-corrected chi connectivity index (χ3v) is 4.35. The van der Waals surface area contributed by atoms with E-state index in [9.17, 15) is 9.59 Å². The third kappa shape index (κ3) is 3.55. The first-order valence-electron chi connectivity index (χ1n) is 8.37. The van der Waals surface area contributed by atoms with E-state index in [1.54, 1.807) is 11.0 Å². The number of aromatic nitrogens is 1. The van der Waals surface area contributed by atoms with Gasteiger partial charge >= 0.3 is 5.97 Å². The van der Waals surface area contributed by atoms with Crippen molar-refractivity contribution in [3.05, 3.63) is 41.1 Å². The maximum atomic E-state index is 12.5. The second kappa shape index (κ2) is 6.99. The highest BCUT2D eigenvalue weighted by atomic mass is 16.5. The van der Waals surface area contributed by atoms with Crippen LogP contribution in [0.15, 0.2) is 24.3 Å². The summed E-state index contributed by atoms with van der Waals surface area (Å²) >= 11 is 0. The van der Waals surface area contributed by atoms with E-state index < -0.39 is 5.97 Å². The number of rotatable bonds is 3. The summed E-state index contributed by atoms with van der Waals surface area (Å²) in [5, 5.41) is 0.760. The minimum absolute atomic E-state index is 0.116. The summed E-state index contributed by atoms with van der Waals surface area (Å²) in [5.41, 5.74) is 3.02. The van der Waals surface area contributed by atoms with E-state index in [0.717, 1.165) is 54.5 Å². The second-order valence-electron chi connectivity index (χ2n) is 6.35. The third-order valence-electron chi connectivity index (χ3n) is 4.35. The van der Waals surface area contributed by atoms with Crippen LogP contribution in [0.4, 0.5) is 0 Å². The van der Waals surface area contributed by atoms with Gasteiger partial charge < -0.3 is 9.64 Å². The summed E-state index contributed by atoms with van der Waals surface area (Å²) in [7, 11) is 0. The Hall–Kier alpha value is -2.43. The van der Waals surface area contributed by atoms with Crippen LogP contribution in [0, 0.1) is 13.8 Å². The second-order valence-corrected chi connectivity index (χ2v) is 6.35. The van der Waals surface area contributed by atoms with Gasteiger partial charge in [0.05, 0.1) is 11.1 Å². The van der Waals surface area contributed by atoms with Gasteiger partial charge in [0.15, 0.2) is 6.61 Å². The molecular formula is C19H22N2O3. The molecule has 0 bridgehead atoms. The molecule has 1 fully saturated rings. The Morgan fingerprint density at radius 1 is 1.12 bits per heavy atom. The summed E-state index contributed by atoms with van der Waals surface area (Å²) in [6.07, 6.45) is 3.20. The highest BCUT2D eigenvalue weighted by Gasteiger charge is 2.20. The van der Waals surface area contributed by atoms with Crippen LogP contribution in [0.25, 0.3) is 10.9 Å². The first kappa shape index (κ1) is 16.4. The SMILES string of the molecule is Cc1ccc2nc(C)cc(C(=O)OCC(=O)N3CCCCC3)c2c1. The number of nitrogens with zero attached hydrogens (tertiary/aromatic N) is 2. The molecule has 1 aliphatic rings. The van der Waals surface area contributed by atoms with E-state index in [1.165, 1.54) is 0 Å². The van der Waals surface area contributed by atoms with Crippen molar-refractivity contribution in [1.29, 1.82) is 0 Å². The molecule has 0 N–H and O–H groups in total. The molecule has 5 heteroatoms. The van der Waals surface area contributed by atoms with Crippen molar-refractivity contribution in [3.63, 3.8) is 0 Å². The van der Waals surface area contributed by atoms with E-state index in [1.807, 2.05) is 32.0 Å². The van der Waals surface area contributed by atoms with Gasteiger partial charge in [0.2, 0.25) is 0 Å². The number of carbonyl (C=O) groups excluding carboxylic acids is 2. The smallest absolute Gasteiger partial charge is 0.339 e. The number of aryl methyl sites for hydroxylation is 2. The van der Waals surface area contributed by atoms with Gasteiger partial charge in [0, 0.05) is 24.2 Å². The number of amides is 1. The Bertz CT molecular complexity index is 780. The van der Waals surface area contributed by atoms with Crippen LogP contribution in [-0.2, 0) is 9.53 Å². The molecule has 2 heterocycles. The number of hydrogen-bond acceptors (Lipinski definition) is 4. The predicted molar refractivity (Wildman–Crippen MR) is 91.9 cm³/mol. The van der Waals surface area contributed by atoms with E-state index >= 15 is 0 Å². The van der Waals surface area contributed by atoms with E-state index in [4.69, 9.17) is 4.74 Å². The van der Waals surface area contributed by atoms with Gasteiger partial charge in [-0.15, -0.1) is 0 Å². The van der Waals surface area contributed by atoms with Crippen LogP contribution in [0.5, 0.6) is 0 Å². The van der Waals surface area contributed by atoms with Crippen molar-refractivity contribution in [3.8, 4) is 0 Å². The molecule has 3 rings (SSSR count). The fourth-order valence-corrected chi connectivity index (χ4v) is 3.08. The molecule has 24 heavy (non-hydrogen) atoms. The first-order valence-corrected chi connectivity index (χ1v) is 8.37. The molecule has 1 aromatic carbocycles. The molecular weight excluding hydrogens is 304 g/mol. The van der Waals surface area contributed by atoms with Crippen LogP contribution in [0.3, 0.4) is 0 Å². The van der Waals surface area contributed by atoms with Crippen molar-refractivity contribution in [1.82, 2.24) is 9.88 Å². The van der Waals surface area contributed by atoms with Gasteiger partial charge in [0.25, 0.3) is 5.91 Å². The number of carbonyl (C=O) groups is 2. The normalized spacial score (nSPS) is 14.7. The van der Waals surface area contributed by atoms with Crippen LogP contribution in [0.2, 0.25) is 0 Å². The molecule has 1 aromatic heterocycles. The van der Waals surface area contributed by atoms with Crippen molar-refractivity contribution in [2.75, 3.05) is 19.7 Å². The van der Waals surface area contributed by atoms with Gasteiger partial charge in [-0.05, 0) is 51.3 Å². The maximum absolute atomic E-state index is 12.5. The van der Waals surface area contributed by atoms with E-state index in [2.05, 4.69) is 4.98 Å². The largest absolute Gasteiger partial charge is 0.452 e. The van der Waals surface area contributed by atoms with Crippen LogP contribution in [0.1, 0.15) is 40.9 Å². The highest BCUT2D eigenvalue weighted by Crippen LogP contribution is 2.21. The average molecular weight is 326 g/mol. The molecule has 5 nitrogen and oxygen atoms in total. The molecule has 0 unspecified atom stereocenters. The lowest BCUT2D eigenvalue weighted by Crippen LogP contribution is -2.38. The number of piperidine rings is 1. The van der Waals surface area contributed by atoms with Gasteiger partial charge in [-0.25, -0.2) is 4.79 Å². The molecule has 0 saturated carbocycles. The Labute approximate surface area is 141 Å². The van der Waals surface area contributed by atoms with E-state index in [-0.39, 0.29) is 12.5 Å². The zero-order valence-electron chi connectivity index (χ0n) is 14.2. The lowest BCUT2D eigenvalue weighted by molar-refractivity contribution is -0.135. The number of likely N-dealkylation sites (tertiary alicyclic amines) is 1. The van der Waals surface area contributed by atoms with E-state index in [0.29, 0.717) is 5.56 Å². The first-order chi connectivity index (χ1) is 11.5. The molecule has 2 aromatic rings. The lowest BCUT2D eigenvalue weighted by Gasteiger charge is -2.26.